The van der Waals surface area contributed by atoms with E-state index in [-0.39, 0.29) is 0 Å². The van der Waals surface area contributed by atoms with Gasteiger partial charge in [-0.2, -0.15) is 0 Å². The van der Waals surface area contributed by atoms with E-state index in [0.29, 0.717) is 0 Å². The monoisotopic (exact) mass is 198 g/mol. The number of aryl methyl sites for hydroxylation is 1. The lowest BCUT2D eigenvalue weighted by atomic mass is 9.99. The van der Waals surface area contributed by atoms with Crippen LogP contribution in [0.5, 0.6) is 0 Å². The molecule has 0 amide bonds. The first-order valence-electron chi connectivity index (χ1n) is 4.95. The molecule has 0 fully saturated rings. The van der Waals surface area contributed by atoms with Crippen LogP contribution in [0.3, 0.4) is 0 Å². The maximum atomic E-state index is 5.17. The zero-order valence-corrected chi connectivity index (χ0v) is 9.08. The van der Waals surface area contributed by atoms with Crippen molar-refractivity contribution in [3.05, 3.63) is 54.1 Å². The van der Waals surface area contributed by atoms with E-state index < -0.39 is 0 Å². The highest BCUT2D eigenvalue weighted by atomic mass is 16.5. The molecule has 0 saturated carbocycles. The summed E-state index contributed by atoms with van der Waals surface area (Å²) >= 11 is 0. The van der Waals surface area contributed by atoms with Crippen molar-refractivity contribution < 1.29 is 4.74 Å². The number of benzene rings is 2. The number of fused-ring (bicyclic) bond motifs is 1. The zero-order valence-electron chi connectivity index (χ0n) is 9.08. The van der Waals surface area contributed by atoms with Crippen LogP contribution in [0.2, 0.25) is 0 Å². The molecule has 0 N–H and O–H groups in total. The largest absolute Gasteiger partial charge is 0.497 e. The van der Waals surface area contributed by atoms with E-state index in [2.05, 4.69) is 43.8 Å². The van der Waals surface area contributed by atoms with Crippen LogP contribution in [0.15, 0.2) is 43.0 Å². The predicted molar refractivity (Wildman–Crippen MR) is 64.7 cm³/mol. The maximum absolute atomic E-state index is 5.17. The van der Waals surface area contributed by atoms with Gasteiger partial charge in [0.05, 0.1) is 7.11 Å². The summed E-state index contributed by atoms with van der Waals surface area (Å²) in [6, 6.07) is 12.5. The number of rotatable bonds is 2. The Balaban J connectivity index is 2.70. The van der Waals surface area contributed by atoms with E-state index in [0.717, 1.165) is 11.3 Å². The molecule has 0 spiro atoms. The van der Waals surface area contributed by atoms with Gasteiger partial charge in [0, 0.05) is 5.56 Å². The summed E-state index contributed by atoms with van der Waals surface area (Å²) in [5.41, 5.74) is 2.30. The third-order valence-electron chi connectivity index (χ3n) is 2.75. The van der Waals surface area contributed by atoms with Gasteiger partial charge in [0.15, 0.2) is 0 Å². The molecule has 0 aliphatic carbocycles. The van der Waals surface area contributed by atoms with Crippen LogP contribution >= 0.6 is 0 Å². The highest BCUT2D eigenvalue weighted by molar-refractivity contribution is 5.89. The van der Waals surface area contributed by atoms with Crippen molar-refractivity contribution >= 4 is 16.5 Å². The topological polar surface area (TPSA) is 9.23 Å². The molecule has 1 heteroatoms. The fourth-order valence-corrected chi connectivity index (χ4v) is 1.84. The van der Waals surface area contributed by atoms with Gasteiger partial charge in [0.25, 0.3) is 0 Å². The highest BCUT2D eigenvalue weighted by Gasteiger charge is 2.05. The van der Waals surface area contributed by atoms with Gasteiger partial charge in [-0.05, 0) is 23.3 Å². The van der Waals surface area contributed by atoms with Gasteiger partial charge in [-0.25, -0.2) is 0 Å². The van der Waals surface area contributed by atoms with Gasteiger partial charge in [-0.1, -0.05) is 43.0 Å². The van der Waals surface area contributed by atoms with Gasteiger partial charge in [-0.15, -0.1) is 0 Å². The van der Waals surface area contributed by atoms with E-state index >= 15 is 0 Å². The van der Waals surface area contributed by atoms with Gasteiger partial charge < -0.3 is 4.74 Å². The Bertz CT molecular complexity index is 512. The number of ether oxygens (including phenoxy) is 1. The summed E-state index contributed by atoms with van der Waals surface area (Å²) in [4.78, 5) is 0. The summed E-state index contributed by atoms with van der Waals surface area (Å²) in [7, 11) is 1.65. The SMILES string of the molecule is C=C(OC)c1ccc2ccccc2c1C. The molecule has 1 nitrogen and oxygen atoms in total. The lowest BCUT2D eigenvalue weighted by molar-refractivity contribution is 0.371. The van der Waals surface area contributed by atoms with Crippen LogP contribution < -0.4 is 0 Å². The molecule has 2 rings (SSSR count). The van der Waals surface area contributed by atoms with Gasteiger partial charge >= 0.3 is 0 Å². The Morgan fingerprint density at radius 1 is 1.13 bits per heavy atom. The summed E-state index contributed by atoms with van der Waals surface area (Å²) in [5.74, 6) is 0.721. The lowest BCUT2D eigenvalue weighted by Crippen LogP contribution is -1.90. The van der Waals surface area contributed by atoms with Gasteiger partial charge in [0.2, 0.25) is 0 Å². The third kappa shape index (κ3) is 1.61. The third-order valence-corrected chi connectivity index (χ3v) is 2.75. The number of hydrogen-bond acceptors (Lipinski definition) is 1. The van der Waals surface area contributed by atoms with E-state index in [4.69, 9.17) is 4.74 Å². The molecule has 2 aromatic rings. The van der Waals surface area contributed by atoms with Gasteiger partial charge in [0.1, 0.15) is 5.76 Å². The Hall–Kier alpha value is -1.76. The van der Waals surface area contributed by atoms with Crippen LogP contribution in [-0.2, 0) is 4.74 Å². The molecule has 0 unspecified atom stereocenters. The Kier molecular flexibility index (Phi) is 2.46. The molecule has 0 heterocycles. The van der Waals surface area contributed by atoms with Crippen molar-refractivity contribution in [1.29, 1.82) is 0 Å². The van der Waals surface area contributed by atoms with Crippen molar-refractivity contribution in [2.75, 3.05) is 7.11 Å². The van der Waals surface area contributed by atoms with Crippen LogP contribution in [0.4, 0.5) is 0 Å². The first kappa shape index (κ1) is 9.78. The molecule has 0 bridgehead atoms. The van der Waals surface area contributed by atoms with Crippen molar-refractivity contribution in [3.8, 4) is 0 Å². The molecule has 15 heavy (non-hydrogen) atoms. The van der Waals surface area contributed by atoms with Crippen LogP contribution in [-0.4, -0.2) is 7.11 Å². The second-order valence-electron chi connectivity index (χ2n) is 3.59. The highest BCUT2D eigenvalue weighted by Crippen LogP contribution is 2.25. The van der Waals surface area contributed by atoms with E-state index in [9.17, 15) is 0 Å². The minimum Gasteiger partial charge on any atom is -0.497 e. The van der Waals surface area contributed by atoms with E-state index in [1.54, 1.807) is 7.11 Å². The molecular formula is C14H14O. The smallest absolute Gasteiger partial charge is 0.119 e. The minimum atomic E-state index is 0.721. The molecule has 0 radical (unpaired) electrons. The summed E-state index contributed by atoms with van der Waals surface area (Å²) in [6.07, 6.45) is 0. The quantitative estimate of drug-likeness (QED) is 0.667. The molecule has 76 valence electrons. The fraction of sp³-hybridized carbons (Fsp3) is 0.143. The van der Waals surface area contributed by atoms with Crippen molar-refractivity contribution in [3.63, 3.8) is 0 Å². The Morgan fingerprint density at radius 2 is 1.87 bits per heavy atom. The van der Waals surface area contributed by atoms with Crippen LogP contribution in [0.1, 0.15) is 11.1 Å². The molecule has 0 aliphatic rings. The standard InChI is InChI=1S/C14H14O/c1-10-13(11(2)15-3)9-8-12-6-4-5-7-14(10)12/h4-9H,2H2,1,3H3. The van der Waals surface area contributed by atoms with Gasteiger partial charge in [-0.3, -0.25) is 0 Å². The summed E-state index contributed by atoms with van der Waals surface area (Å²) in [6.45, 7) is 5.99. The minimum absolute atomic E-state index is 0.721. The molecule has 0 aliphatic heterocycles. The molecule has 0 atom stereocenters. The van der Waals surface area contributed by atoms with Crippen molar-refractivity contribution in [2.45, 2.75) is 6.92 Å². The molecular weight excluding hydrogens is 184 g/mol. The maximum Gasteiger partial charge on any atom is 0.119 e. The Morgan fingerprint density at radius 3 is 2.60 bits per heavy atom. The second-order valence-corrected chi connectivity index (χ2v) is 3.59. The second kappa shape index (κ2) is 3.77. The fourth-order valence-electron chi connectivity index (χ4n) is 1.84. The number of hydrogen-bond donors (Lipinski definition) is 0. The molecule has 2 aromatic carbocycles. The first-order valence-corrected chi connectivity index (χ1v) is 4.95. The van der Waals surface area contributed by atoms with Crippen molar-refractivity contribution in [1.82, 2.24) is 0 Å². The number of methoxy groups -OCH3 is 1. The van der Waals surface area contributed by atoms with E-state index in [1.807, 2.05) is 6.07 Å². The van der Waals surface area contributed by atoms with E-state index in [1.165, 1.54) is 16.3 Å². The summed E-state index contributed by atoms with van der Waals surface area (Å²) in [5, 5.41) is 2.51. The predicted octanol–water partition coefficient (Wildman–Crippen LogP) is 3.77. The normalized spacial score (nSPS) is 10.3. The average Bonchev–Trinajstić information content (AvgIpc) is 2.29. The van der Waals surface area contributed by atoms with Crippen LogP contribution in [0.25, 0.3) is 16.5 Å². The summed E-state index contributed by atoms with van der Waals surface area (Å²) < 4.78 is 5.17. The molecule has 0 aromatic heterocycles. The zero-order chi connectivity index (χ0) is 10.8. The first-order chi connectivity index (χ1) is 7.24. The van der Waals surface area contributed by atoms with Crippen LogP contribution in [0, 0.1) is 6.92 Å². The molecule has 0 saturated heterocycles. The lowest BCUT2D eigenvalue weighted by Gasteiger charge is -2.10. The van der Waals surface area contributed by atoms with Crippen molar-refractivity contribution in [2.24, 2.45) is 0 Å². The Labute approximate surface area is 90.0 Å². The average molecular weight is 198 g/mol.